The lowest BCUT2D eigenvalue weighted by Crippen LogP contribution is -2.31. The Morgan fingerprint density at radius 3 is 2.47 bits per heavy atom. The maximum atomic E-state index is 11.8. The Bertz CT molecular complexity index is 469. The van der Waals surface area contributed by atoms with Gasteiger partial charge < -0.3 is 5.73 Å². The highest BCUT2D eigenvalue weighted by Gasteiger charge is 2.18. The lowest BCUT2D eigenvalue weighted by Gasteiger charge is -2.14. The Morgan fingerprint density at radius 1 is 1.29 bits per heavy atom. The molecule has 3 N–H and O–H groups in total. The lowest BCUT2D eigenvalue weighted by atomic mass is 10.0. The van der Waals surface area contributed by atoms with Gasteiger partial charge in [-0.25, -0.2) is 8.42 Å². The van der Waals surface area contributed by atoms with E-state index in [2.05, 4.69) is 18.6 Å². The van der Waals surface area contributed by atoms with Crippen LogP contribution in [0.3, 0.4) is 0 Å². The molecule has 1 atom stereocenters. The molecule has 5 heteroatoms. The summed E-state index contributed by atoms with van der Waals surface area (Å²) in [5.74, 6) is 0.367. The molecule has 0 radical (unpaired) electrons. The number of sulfonamides is 1. The number of hydrogen-bond acceptors (Lipinski definition) is 3. The summed E-state index contributed by atoms with van der Waals surface area (Å²) in [6.07, 6.45) is 0. The average Bonchev–Trinajstić information content (AvgIpc) is 2.27. The number of nitrogens with one attached hydrogen (secondary N) is 1. The number of nitrogens with two attached hydrogens (primary N) is 1. The second-order valence-electron chi connectivity index (χ2n) is 4.47. The van der Waals surface area contributed by atoms with Crippen molar-refractivity contribution in [1.82, 2.24) is 0 Å². The van der Waals surface area contributed by atoms with E-state index in [0.717, 1.165) is 5.56 Å². The zero-order valence-electron chi connectivity index (χ0n) is 10.5. The first-order valence-corrected chi connectivity index (χ1v) is 7.23. The van der Waals surface area contributed by atoms with Crippen molar-refractivity contribution in [2.45, 2.75) is 31.9 Å². The fourth-order valence-corrected chi connectivity index (χ4v) is 2.26. The molecule has 0 amide bonds. The van der Waals surface area contributed by atoms with Crippen molar-refractivity contribution in [1.29, 1.82) is 0 Å². The molecule has 96 valence electrons. The van der Waals surface area contributed by atoms with Crippen LogP contribution in [0.15, 0.2) is 24.3 Å². The van der Waals surface area contributed by atoms with E-state index in [1.807, 2.05) is 18.2 Å². The molecular formula is C12H20N2O2S. The zero-order valence-corrected chi connectivity index (χ0v) is 11.3. The average molecular weight is 256 g/mol. The topological polar surface area (TPSA) is 72.2 Å². The van der Waals surface area contributed by atoms with Gasteiger partial charge in [-0.05, 0) is 30.5 Å². The van der Waals surface area contributed by atoms with Crippen LogP contribution in [0.2, 0.25) is 0 Å². The highest BCUT2D eigenvalue weighted by molar-refractivity contribution is 7.93. The summed E-state index contributed by atoms with van der Waals surface area (Å²) in [5.41, 5.74) is 7.07. The van der Waals surface area contributed by atoms with Crippen LogP contribution in [-0.4, -0.2) is 20.2 Å². The molecule has 4 nitrogen and oxygen atoms in total. The van der Waals surface area contributed by atoms with Gasteiger partial charge >= 0.3 is 0 Å². The number of benzene rings is 1. The first-order valence-electron chi connectivity index (χ1n) is 5.68. The molecule has 1 rings (SSSR count). The Hall–Kier alpha value is -1.07. The normalized spacial score (nSPS) is 13.7. The van der Waals surface area contributed by atoms with E-state index in [0.29, 0.717) is 11.6 Å². The molecule has 1 unspecified atom stereocenters. The van der Waals surface area contributed by atoms with Gasteiger partial charge in [0.2, 0.25) is 10.0 Å². The van der Waals surface area contributed by atoms with Crippen LogP contribution < -0.4 is 10.5 Å². The van der Waals surface area contributed by atoms with E-state index in [1.165, 1.54) is 0 Å². The van der Waals surface area contributed by atoms with E-state index >= 15 is 0 Å². The van der Waals surface area contributed by atoms with Gasteiger partial charge in [0.15, 0.2) is 0 Å². The fourth-order valence-electron chi connectivity index (χ4n) is 1.35. The Labute approximate surface area is 103 Å². The molecule has 1 aromatic rings. The highest BCUT2D eigenvalue weighted by Crippen LogP contribution is 2.19. The third-order valence-corrected chi connectivity index (χ3v) is 4.45. The minimum absolute atomic E-state index is 0.110. The Morgan fingerprint density at radius 2 is 1.94 bits per heavy atom. The molecular weight excluding hydrogens is 236 g/mol. The van der Waals surface area contributed by atoms with Gasteiger partial charge in [-0.2, -0.15) is 0 Å². The SMILES string of the molecule is CC(C)c1cccc(NS(=O)(=O)C(C)CN)c1. The molecule has 0 bridgehead atoms. The summed E-state index contributed by atoms with van der Waals surface area (Å²) in [7, 11) is -3.38. The molecule has 0 aromatic heterocycles. The van der Waals surface area contributed by atoms with Crippen LogP contribution in [-0.2, 0) is 10.0 Å². The van der Waals surface area contributed by atoms with Crippen molar-refractivity contribution >= 4 is 15.7 Å². The van der Waals surface area contributed by atoms with Gasteiger partial charge in [0, 0.05) is 12.2 Å². The van der Waals surface area contributed by atoms with Gasteiger partial charge in [0.25, 0.3) is 0 Å². The van der Waals surface area contributed by atoms with Crippen molar-refractivity contribution < 1.29 is 8.42 Å². The maximum absolute atomic E-state index is 11.8. The maximum Gasteiger partial charge on any atom is 0.236 e. The molecule has 0 aliphatic carbocycles. The third kappa shape index (κ3) is 3.71. The minimum atomic E-state index is -3.38. The predicted octanol–water partition coefficient (Wildman–Crippen LogP) is 1.90. The van der Waals surface area contributed by atoms with E-state index in [4.69, 9.17) is 5.73 Å². The minimum Gasteiger partial charge on any atom is -0.329 e. The molecule has 1 aromatic carbocycles. The summed E-state index contributed by atoms with van der Waals surface area (Å²) >= 11 is 0. The third-order valence-electron chi connectivity index (χ3n) is 2.68. The van der Waals surface area contributed by atoms with E-state index in [-0.39, 0.29) is 6.54 Å². The van der Waals surface area contributed by atoms with Crippen molar-refractivity contribution in [3.05, 3.63) is 29.8 Å². The van der Waals surface area contributed by atoms with Crippen LogP contribution in [0.5, 0.6) is 0 Å². The highest BCUT2D eigenvalue weighted by atomic mass is 32.2. The molecule has 17 heavy (non-hydrogen) atoms. The molecule has 0 spiro atoms. The zero-order chi connectivity index (χ0) is 13.1. The van der Waals surface area contributed by atoms with Gasteiger partial charge in [-0.15, -0.1) is 0 Å². The first kappa shape index (κ1) is 14.0. The molecule has 0 saturated heterocycles. The van der Waals surface area contributed by atoms with Gasteiger partial charge in [-0.3, -0.25) is 4.72 Å². The molecule has 0 heterocycles. The van der Waals surface area contributed by atoms with Gasteiger partial charge in [-0.1, -0.05) is 26.0 Å². The predicted molar refractivity (Wildman–Crippen MR) is 71.6 cm³/mol. The van der Waals surface area contributed by atoms with E-state index < -0.39 is 15.3 Å². The van der Waals surface area contributed by atoms with Gasteiger partial charge in [0.1, 0.15) is 0 Å². The quantitative estimate of drug-likeness (QED) is 0.845. The second-order valence-corrected chi connectivity index (χ2v) is 6.57. The van der Waals surface area contributed by atoms with Crippen molar-refractivity contribution in [2.24, 2.45) is 5.73 Å². The van der Waals surface area contributed by atoms with Crippen molar-refractivity contribution in [3.8, 4) is 0 Å². The van der Waals surface area contributed by atoms with Crippen LogP contribution in [0, 0.1) is 0 Å². The number of rotatable bonds is 5. The van der Waals surface area contributed by atoms with Crippen LogP contribution in [0.1, 0.15) is 32.3 Å². The summed E-state index contributed by atoms with van der Waals surface area (Å²) in [6.45, 7) is 5.83. The smallest absolute Gasteiger partial charge is 0.236 e. The van der Waals surface area contributed by atoms with E-state index in [1.54, 1.807) is 13.0 Å². The molecule has 0 aliphatic rings. The summed E-state index contributed by atoms with van der Waals surface area (Å²) in [4.78, 5) is 0. The van der Waals surface area contributed by atoms with Crippen LogP contribution >= 0.6 is 0 Å². The molecule has 0 fully saturated rings. The largest absolute Gasteiger partial charge is 0.329 e. The summed E-state index contributed by atoms with van der Waals surface area (Å²) in [6, 6.07) is 7.42. The van der Waals surface area contributed by atoms with Crippen LogP contribution in [0.4, 0.5) is 5.69 Å². The van der Waals surface area contributed by atoms with E-state index in [9.17, 15) is 8.42 Å². The lowest BCUT2D eigenvalue weighted by molar-refractivity contribution is 0.589. The monoisotopic (exact) mass is 256 g/mol. The summed E-state index contributed by atoms with van der Waals surface area (Å²) < 4.78 is 26.2. The summed E-state index contributed by atoms with van der Waals surface area (Å²) in [5, 5.41) is -0.592. The van der Waals surface area contributed by atoms with Gasteiger partial charge in [0.05, 0.1) is 5.25 Å². The van der Waals surface area contributed by atoms with Crippen LogP contribution in [0.25, 0.3) is 0 Å². The fraction of sp³-hybridized carbons (Fsp3) is 0.500. The molecule has 0 aliphatic heterocycles. The molecule has 0 saturated carbocycles. The number of anilines is 1. The second kappa shape index (κ2) is 5.51. The van der Waals surface area contributed by atoms with Crippen molar-refractivity contribution in [3.63, 3.8) is 0 Å². The Kier molecular flexibility index (Phi) is 4.54. The van der Waals surface area contributed by atoms with Crippen molar-refractivity contribution in [2.75, 3.05) is 11.3 Å². The first-order chi connectivity index (χ1) is 7.86. The standard InChI is InChI=1S/C12H20N2O2S/c1-9(2)11-5-4-6-12(7-11)14-17(15,16)10(3)8-13/h4-7,9-10,14H,8,13H2,1-3H3. The Balaban J connectivity index is 2.92. The number of hydrogen-bond donors (Lipinski definition) is 2.